The zero-order chi connectivity index (χ0) is 10.8. The van der Waals surface area contributed by atoms with Crippen LogP contribution in [0.25, 0.3) is 11.1 Å². The third-order valence-corrected chi connectivity index (χ3v) is 2.28. The van der Waals surface area contributed by atoms with Crippen LogP contribution in [-0.4, -0.2) is 12.3 Å². The maximum atomic E-state index is 5.90. The molecule has 5 heteroatoms. The van der Waals surface area contributed by atoms with Gasteiger partial charge in [-0.05, 0) is 18.2 Å². The fourth-order valence-electron chi connectivity index (χ4n) is 1.34. The van der Waals surface area contributed by atoms with Crippen LogP contribution >= 0.6 is 11.6 Å². The van der Waals surface area contributed by atoms with Gasteiger partial charge >= 0.3 is 0 Å². The molecule has 2 N–H and O–H groups in total. The van der Waals surface area contributed by atoms with Crippen LogP contribution in [0, 0.1) is 0 Å². The molecule has 2 aromatic rings. The molecular formula is C10H9ClN2O2. The molecule has 1 aromatic carbocycles. The van der Waals surface area contributed by atoms with Gasteiger partial charge in [0.05, 0.1) is 12.7 Å². The van der Waals surface area contributed by atoms with E-state index < -0.39 is 0 Å². The summed E-state index contributed by atoms with van der Waals surface area (Å²) < 4.78 is 9.96. The fraction of sp³-hybridized carbons (Fsp3) is 0.100. The van der Waals surface area contributed by atoms with Gasteiger partial charge in [-0.3, -0.25) is 0 Å². The van der Waals surface area contributed by atoms with Crippen molar-refractivity contribution in [3.05, 3.63) is 29.5 Å². The number of hydrogen-bond acceptors (Lipinski definition) is 4. The summed E-state index contributed by atoms with van der Waals surface area (Å²) >= 11 is 5.90. The summed E-state index contributed by atoms with van der Waals surface area (Å²) in [6.45, 7) is 0. The van der Waals surface area contributed by atoms with E-state index >= 15 is 0 Å². The molecule has 0 radical (unpaired) electrons. The molecule has 0 bridgehead atoms. The fourth-order valence-corrected chi connectivity index (χ4v) is 1.51. The van der Waals surface area contributed by atoms with Crippen LogP contribution in [0.4, 0.5) is 5.82 Å². The largest absolute Gasteiger partial charge is 0.496 e. The van der Waals surface area contributed by atoms with E-state index in [0.29, 0.717) is 22.2 Å². The minimum atomic E-state index is 0.315. The normalized spacial score (nSPS) is 10.3. The van der Waals surface area contributed by atoms with Crippen LogP contribution in [-0.2, 0) is 0 Å². The number of nitrogens with two attached hydrogens (primary N) is 1. The molecule has 0 saturated carbocycles. The Kier molecular flexibility index (Phi) is 2.51. The molecule has 0 spiro atoms. The second-order valence-corrected chi connectivity index (χ2v) is 3.39. The number of hydrogen-bond donors (Lipinski definition) is 1. The third-order valence-electron chi connectivity index (χ3n) is 2.05. The number of methoxy groups -OCH3 is 1. The quantitative estimate of drug-likeness (QED) is 0.852. The van der Waals surface area contributed by atoms with Gasteiger partial charge in [0.15, 0.2) is 5.82 Å². The molecule has 0 fully saturated rings. The highest BCUT2D eigenvalue weighted by Crippen LogP contribution is 2.35. The predicted octanol–water partition coefficient (Wildman–Crippen LogP) is 2.59. The molecule has 0 aliphatic heterocycles. The highest BCUT2D eigenvalue weighted by atomic mass is 35.5. The Morgan fingerprint density at radius 2 is 2.20 bits per heavy atom. The molecule has 4 nitrogen and oxygen atoms in total. The second-order valence-electron chi connectivity index (χ2n) is 2.96. The minimum absolute atomic E-state index is 0.315. The topological polar surface area (TPSA) is 61.3 Å². The molecule has 0 aliphatic carbocycles. The Morgan fingerprint density at radius 3 is 2.80 bits per heavy atom. The molecular weight excluding hydrogens is 216 g/mol. The van der Waals surface area contributed by atoms with Crippen molar-refractivity contribution in [2.75, 3.05) is 12.8 Å². The summed E-state index contributed by atoms with van der Waals surface area (Å²) in [5.74, 6) is 0.991. The van der Waals surface area contributed by atoms with Gasteiger partial charge < -0.3 is 15.0 Å². The molecule has 78 valence electrons. The molecule has 0 unspecified atom stereocenters. The summed E-state index contributed by atoms with van der Waals surface area (Å²) in [6, 6.07) is 5.26. The van der Waals surface area contributed by atoms with Crippen molar-refractivity contribution in [3.8, 4) is 16.9 Å². The number of aromatic nitrogens is 1. The van der Waals surface area contributed by atoms with Gasteiger partial charge in [-0.2, -0.15) is 0 Å². The Hall–Kier alpha value is -1.68. The Bertz CT molecular complexity index is 482. The maximum Gasteiger partial charge on any atom is 0.174 e. The van der Waals surface area contributed by atoms with Gasteiger partial charge in [0, 0.05) is 10.6 Å². The van der Waals surface area contributed by atoms with E-state index in [1.165, 1.54) is 6.26 Å². The van der Waals surface area contributed by atoms with Gasteiger partial charge in [-0.1, -0.05) is 16.8 Å². The average Bonchev–Trinajstić information content (AvgIpc) is 2.64. The summed E-state index contributed by atoms with van der Waals surface area (Å²) in [5.41, 5.74) is 7.09. The number of ether oxygens (including phenoxy) is 1. The van der Waals surface area contributed by atoms with Gasteiger partial charge in [0.1, 0.15) is 12.0 Å². The number of halogens is 1. The van der Waals surface area contributed by atoms with Crippen LogP contribution in [0.3, 0.4) is 0 Å². The van der Waals surface area contributed by atoms with E-state index in [9.17, 15) is 0 Å². The van der Waals surface area contributed by atoms with Crippen molar-refractivity contribution < 1.29 is 9.26 Å². The van der Waals surface area contributed by atoms with Gasteiger partial charge in [0.25, 0.3) is 0 Å². The van der Waals surface area contributed by atoms with Crippen molar-refractivity contribution in [2.45, 2.75) is 0 Å². The summed E-state index contributed by atoms with van der Waals surface area (Å²) in [6.07, 6.45) is 1.46. The highest BCUT2D eigenvalue weighted by molar-refractivity contribution is 6.31. The molecule has 15 heavy (non-hydrogen) atoms. The molecule has 1 heterocycles. The van der Waals surface area contributed by atoms with Crippen LogP contribution in [0.2, 0.25) is 5.02 Å². The summed E-state index contributed by atoms with van der Waals surface area (Å²) in [5, 5.41) is 4.21. The van der Waals surface area contributed by atoms with Gasteiger partial charge in [-0.25, -0.2) is 0 Å². The maximum absolute atomic E-state index is 5.90. The standard InChI is InChI=1S/C10H9ClN2O2/c1-14-9-3-2-6(11)4-7(9)8-5-15-13-10(8)12/h2-5H,1H3,(H2,12,13). The van der Waals surface area contributed by atoms with E-state index in [4.69, 9.17) is 26.6 Å². The lowest BCUT2D eigenvalue weighted by Crippen LogP contribution is -1.91. The smallest absolute Gasteiger partial charge is 0.174 e. The van der Waals surface area contributed by atoms with Crippen molar-refractivity contribution in [1.82, 2.24) is 5.16 Å². The lowest BCUT2D eigenvalue weighted by atomic mass is 10.1. The van der Waals surface area contributed by atoms with Crippen LogP contribution in [0.5, 0.6) is 5.75 Å². The van der Waals surface area contributed by atoms with Crippen LogP contribution in [0.15, 0.2) is 29.0 Å². The number of rotatable bonds is 2. The Morgan fingerprint density at radius 1 is 1.40 bits per heavy atom. The zero-order valence-corrected chi connectivity index (χ0v) is 8.78. The minimum Gasteiger partial charge on any atom is -0.496 e. The first-order chi connectivity index (χ1) is 7.22. The predicted molar refractivity (Wildman–Crippen MR) is 57.9 cm³/mol. The number of nitrogen functional groups attached to an aromatic ring is 1. The first kappa shape index (κ1) is 9.86. The average molecular weight is 225 g/mol. The number of anilines is 1. The monoisotopic (exact) mass is 224 g/mol. The molecule has 0 saturated heterocycles. The molecule has 0 aliphatic rings. The van der Waals surface area contributed by atoms with Crippen molar-refractivity contribution >= 4 is 17.4 Å². The van der Waals surface area contributed by atoms with E-state index in [-0.39, 0.29) is 0 Å². The second kappa shape index (κ2) is 3.82. The lowest BCUT2D eigenvalue weighted by molar-refractivity contribution is 0.415. The lowest BCUT2D eigenvalue weighted by Gasteiger charge is -2.06. The summed E-state index contributed by atoms with van der Waals surface area (Å²) in [7, 11) is 1.58. The van der Waals surface area contributed by atoms with Gasteiger partial charge in [0.2, 0.25) is 0 Å². The van der Waals surface area contributed by atoms with Crippen LogP contribution in [0.1, 0.15) is 0 Å². The van der Waals surface area contributed by atoms with E-state index in [0.717, 1.165) is 5.56 Å². The van der Waals surface area contributed by atoms with Crippen LogP contribution < -0.4 is 10.5 Å². The third kappa shape index (κ3) is 1.76. The number of benzene rings is 1. The zero-order valence-electron chi connectivity index (χ0n) is 8.03. The molecule has 2 rings (SSSR count). The first-order valence-corrected chi connectivity index (χ1v) is 4.64. The van der Waals surface area contributed by atoms with Crippen molar-refractivity contribution in [1.29, 1.82) is 0 Å². The number of nitrogens with zero attached hydrogens (tertiary/aromatic N) is 1. The Balaban J connectivity index is 2.60. The van der Waals surface area contributed by atoms with Crippen molar-refractivity contribution in [3.63, 3.8) is 0 Å². The molecule has 0 atom stereocenters. The SMILES string of the molecule is COc1ccc(Cl)cc1-c1conc1N. The van der Waals surface area contributed by atoms with E-state index in [1.54, 1.807) is 25.3 Å². The highest BCUT2D eigenvalue weighted by Gasteiger charge is 2.12. The first-order valence-electron chi connectivity index (χ1n) is 4.26. The summed E-state index contributed by atoms with van der Waals surface area (Å²) in [4.78, 5) is 0. The van der Waals surface area contributed by atoms with Gasteiger partial charge in [-0.15, -0.1) is 0 Å². The molecule has 1 aromatic heterocycles. The molecule has 0 amide bonds. The van der Waals surface area contributed by atoms with Crippen molar-refractivity contribution in [2.24, 2.45) is 0 Å². The Labute approximate surface area is 91.6 Å². The van der Waals surface area contributed by atoms with E-state index in [2.05, 4.69) is 5.16 Å². The van der Waals surface area contributed by atoms with E-state index in [1.807, 2.05) is 0 Å².